The van der Waals surface area contributed by atoms with E-state index in [4.69, 9.17) is 10.5 Å². The molecule has 0 saturated carbocycles. The third kappa shape index (κ3) is 1.42. The summed E-state index contributed by atoms with van der Waals surface area (Å²) in [6.07, 6.45) is 4.64. The molecule has 2 rings (SSSR count). The molecule has 1 saturated heterocycles. The van der Waals surface area contributed by atoms with Crippen molar-refractivity contribution in [3.05, 3.63) is 24.0 Å². The van der Waals surface area contributed by atoms with Crippen LogP contribution in [0.4, 0.5) is 0 Å². The Hall–Kier alpha value is -1.29. The van der Waals surface area contributed by atoms with Crippen LogP contribution in [-0.4, -0.2) is 23.7 Å². The number of nitrogens with zero attached hydrogens (tertiary/aromatic N) is 1. The standard InChI is InChI=1S/C10H14N2O2/c1-10(3-5-14-7-10)12-4-2-8(6-12)9(11)13/h2,4,6H,3,5,7H2,1H3,(H2,11,13)/t10-/m1/s1. The Bertz CT molecular complexity index is 351. The lowest BCUT2D eigenvalue weighted by Crippen LogP contribution is -2.29. The van der Waals surface area contributed by atoms with Crippen molar-refractivity contribution in [3.63, 3.8) is 0 Å². The van der Waals surface area contributed by atoms with Crippen LogP contribution >= 0.6 is 0 Å². The molecule has 0 aromatic carbocycles. The molecule has 0 radical (unpaired) electrons. The molecule has 1 aliphatic heterocycles. The Labute approximate surface area is 82.6 Å². The molecule has 0 unspecified atom stereocenters. The fourth-order valence-corrected chi connectivity index (χ4v) is 1.74. The molecular formula is C10H14N2O2. The highest BCUT2D eigenvalue weighted by atomic mass is 16.5. The minimum absolute atomic E-state index is 0.0201. The van der Waals surface area contributed by atoms with Crippen molar-refractivity contribution in [2.24, 2.45) is 5.73 Å². The zero-order valence-electron chi connectivity index (χ0n) is 8.19. The van der Waals surface area contributed by atoms with Gasteiger partial charge < -0.3 is 15.0 Å². The van der Waals surface area contributed by atoms with E-state index in [1.165, 1.54) is 0 Å². The maximum Gasteiger partial charge on any atom is 0.250 e. The average Bonchev–Trinajstić information content (AvgIpc) is 2.71. The van der Waals surface area contributed by atoms with Crippen LogP contribution in [0.1, 0.15) is 23.7 Å². The lowest BCUT2D eigenvalue weighted by Gasteiger charge is -2.24. The molecule has 0 spiro atoms. The van der Waals surface area contributed by atoms with Gasteiger partial charge in [0.05, 0.1) is 17.7 Å². The minimum Gasteiger partial charge on any atom is -0.379 e. The van der Waals surface area contributed by atoms with Crippen LogP contribution in [-0.2, 0) is 10.3 Å². The summed E-state index contributed by atoms with van der Waals surface area (Å²) in [6.45, 7) is 3.59. The molecule has 0 aliphatic carbocycles. The third-order valence-corrected chi connectivity index (χ3v) is 2.80. The number of hydrogen-bond acceptors (Lipinski definition) is 2. The van der Waals surface area contributed by atoms with Gasteiger partial charge in [-0.3, -0.25) is 4.79 Å². The minimum atomic E-state index is -0.383. The molecule has 4 heteroatoms. The van der Waals surface area contributed by atoms with Gasteiger partial charge in [-0.1, -0.05) is 0 Å². The number of primary amides is 1. The molecule has 76 valence electrons. The highest BCUT2D eigenvalue weighted by molar-refractivity contribution is 5.92. The van der Waals surface area contributed by atoms with E-state index >= 15 is 0 Å². The fourth-order valence-electron chi connectivity index (χ4n) is 1.74. The van der Waals surface area contributed by atoms with Gasteiger partial charge in [0.15, 0.2) is 0 Å². The molecule has 1 amide bonds. The second kappa shape index (κ2) is 3.13. The summed E-state index contributed by atoms with van der Waals surface area (Å²) in [5.41, 5.74) is 5.72. The summed E-state index contributed by atoms with van der Waals surface area (Å²) >= 11 is 0. The predicted octanol–water partition coefficient (Wildman–Crippen LogP) is 0.723. The van der Waals surface area contributed by atoms with Gasteiger partial charge in [0, 0.05) is 19.0 Å². The van der Waals surface area contributed by atoms with Crippen molar-refractivity contribution in [2.45, 2.75) is 18.9 Å². The van der Waals surface area contributed by atoms with Gasteiger partial charge in [0.2, 0.25) is 5.91 Å². The summed E-state index contributed by atoms with van der Waals surface area (Å²) < 4.78 is 7.36. The molecule has 2 heterocycles. The van der Waals surface area contributed by atoms with Gasteiger partial charge in [-0.05, 0) is 19.4 Å². The van der Waals surface area contributed by atoms with Gasteiger partial charge in [-0.15, -0.1) is 0 Å². The van der Waals surface area contributed by atoms with Crippen molar-refractivity contribution in [3.8, 4) is 0 Å². The quantitative estimate of drug-likeness (QED) is 0.754. The van der Waals surface area contributed by atoms with Crippen molar-refractivity contribution in [2.75, 3.05) is 13.2 Å². The topological polar surface area (TPSA) is 57.2 Å². The van der Waals surface area contributed by atoms with Crippen LogP contribution in [0.2, 0.25) is 0 Å². The van der Waals surface area contributed by atoms with Crippen LogP contribution < -0.4 is 5.73 Å². The highest BCUT2D eigenvalue weighted by Crippen LogP contribution is 2.27. The van der Waals surface area contributed by atoms with E-state index in [1.54, 1.807) is 12.3 Å². The van der Waals surface area contributed by atoms with Gasteiger partial charge in [0.25, 0.3) is 0 Å². The number of carbonyl (C=O) groups is 1. The Morgan fingerprint density at radius 1 is 1.71 bits per heavy atom. The first-order valence-corrected chi connectivity index (χ1v) is 4.68. The third-order valence-electron chi connectivity index (χ3n) is 2.80. The first-order chi connectivity index (χ1) is 6.62. The van der Waals surface area contributed by atoms with Crippen LogP contribution in [0.25, 0.3) is 0 Å². The molecule has 1 aliphatic rings. The van der Waals surface area contributed by atoms with E-state index in [-0.39, 0.29) is 11.4 Å². The number of rotatable bonds is 2. The van der Waals surface area contributed by atoms with Crippen LogP contribution in [0.5, 0.6) is 0 Å². The van der Waals surface area contributed by atoms with Crippen LogP contribution in [0.15, 0.2) is 18.5 Å². The molecule has 1 atom stereocenters. The average molecular weight is 194 g/mol. The number of amides is 1. The lowest BCUT2D eigenvalue weighted by molar-refractivity contribution is 0.1000. The van der Waals surface area contributed by atoms with Crippen LogP contribution in [0.3, 0.4) is 0 Å². The second-order valence-electron chi connectivity index (χ2n) is 3.97. The van der Waals surface area contributed by atoms with Crippen molar-refractivity contribution in [1.29, 1.82) is 0 Å². The van der Waals surface area contributed by atoms with Gasteiger partial charge in [-0.2, -0.15) is 0 Å². The van der Waals surface area contributed by atoms with Crippen molar-refractivity contribution >= 4 is 5.91 Å². The Balaban J connectivity index is 2.28. The summed E-state index contributed by atoms with van der Waals surface area (Å²) in [4.78, 5) is 10.9. The molecule has 1 fully saturated rings. The van der Waals surface area contributed by atoms with E-state index in [0.717, 1.165) is 13.0 Å². The fraction of sp³-hybridized carbons (Fsp3) is 0.500. The second-order valence-corrected chi connectivity index (χ2v) is 3.97. The largest absolute Gasteiger partial charge is 0.379 e. The van der Waals surface area contributed by atoms with Gasteiger partial charge >= 0.3 is 0 Å². The molecule has 1 aromatic rings. The van der Waals surface area contributed by atoms with Crippen molar-refractivity contribution in [1.82, 2.24) is 4.57 Å². The number of hydrogen-bond donors (Lipinski definition) is 1. The first-order valence-electron chi connectivity index (χ1n) is 4.68. The summed E-state index contributed by atoms with van der Waals surface area (Å²) in [6, 6.07) is 1.74. The van der Waals surface area contributed by atoms with E-state index in [1.807, 2.05) is 10.8 Å². The summed E-state index contributed by atoms with van der Waals surface area (Å²) in [7, 11) is 0. The van der Waals surface area contributed by atoms with E-state index in [0.29, 0.717) is 12.2 Å². The zero-order valence-corrected chi connectivity index (χ0v) is 8.19. The molecule has 0 bridgehead atoms. The number of nitrogens with two attached hydrogens (primary N) is 1. The molecule has 4 nitrogen and oxygen atoms in total. The maximum absolute atomic E-state index is 10.9. The highest BCUT2D eigenvalue weighted by Gasteiger charge is 2.31. The lowest BCUT2D eigenvalue weighted by atomic mass is 10.0. The molecular weight excluding hydrogens is 180 g/mol. The van der Waals surface area contributed by atoms with E-state index < -0.39 is 0 Å². The summed E-state index contributed by atoms with van der Waals surface area (Å²) in [5, 5.41) is 0. The first kappa shape index (κ1) is 9.27. The zero-order chi connectivity index (χ0) is 10.2. The number of ether oxygens (including phenoxy) is 1. The van der Waals surface area contributed by atoms with E-state index in [9.17, 15) is 4.79 Å². The molecule has 1 aromatic heterocycles. The van der Waals surface area contributed by atoms with Crippen molar-refractivity contribution < 1.29 is 9.53 Å². The number of carbonyl (C=O) groups excluding carboxylic acids is 1. The maximum atomic E-state index is 10.9. The predicted molar refractivity (Wildman–Crippen MR) is 52.0 cm³/mol. The van der Waals surface area contributed by atoms with Crippen LogP contribution in [0, 0.1) is 0 Å². The molecule has 14 heavy (non-hydrogen) atoms. The summed E-state index contributed by atoms with van der Waals surface area (Å²) in [5.74, 6) is -0.383. The normalized spacial score (nSPS) is 26.6. The molecule has 2 N–H and O–H groups in total. The van der Waals surface area contributed by atoms with Gasteiger partial charge in [-0.25, -0.2) is 0 Å². The Morgan fingerprint density at radius 2 is 2.50 bits per heavy atom. The van der Waals surface area contributed by atoms with E-state index in [2.05, 4.69) is 6.92 Å². The Kier molecular flexibility index (Phi) is 2.07. The number of aromatic nitrogens is 1. The smallest absolute Gasteiger partial charge is 0.250 e. The van der Waals surface area contributed by atoms with Gasteiger partial charge in [0.1, 0.15) is 0 Å². The Morgan fingerprint density at radius 3 is 3.00 bits per heavy atom. The SMILES string of the molecule is C[C@@]1(n2ccc(C(N)=O)c2)CCOC1. The monoisotopic (exact) mass is 194 g/mol.